The van der Waals surface area contributed by atoms with Crippen LogP contribution in [-0.4, -0.2) is 15.5 Å². The minimum absolute atomic E-state index is 0.207. The maximum Gasteiger partial charge on any atom is 0.416 e. The monoisotopic (exact) mass is 337 g/mol. The molecule has 0 spiro atoms. The van der Waals surface area contributed by atoms with Gasteiger partial charge in [0.1, 0.15) is 5.69 Å². The molecule has 0 aliphatic carbocycles. The summed E-state index contributed by atoms with van der Waals surface area (Å²) in [6, 6.07) is 7.93. The van der Waals surface area contributed by atoms with Crippen molar-refractivity contribution in [2.24, 2.45) is 0 Å². The van der Waals surface area contributed by atoms with Crippen LogP contribution in [0, 0.1) is 0 Å². The normalized spacial score (nSPS) is 11.4. The fourth-order valence-electron chi connectivity index (χ4n) is 1.89. The Balaban J connectivity index is 1.72. The van der Waals surface area contributed by atoms with Gasteiger partial charge in [-0.15, -0.1) is 11.3 Å². The highest BCUT2D eigenvalue weighted by Crippen LogP contribution is 2.29. The third-order valence-corrected chi connectivity index (χ3v) is 3.87. The van der Waals surface area contributed by atoms with Crippen molar-refractivity contribution in [1.29, 1.82) is 0 Å². The molecule has 0 saturated heterocycles. The second-order valence-electron chi connectivity index (χ2n) is 4.63. The fourth-order valence-corrected chi connectivity index (χ4v) is 2.66. The van der Waals surface area contributed by atoms with E-state index in [9.17, 15) is 18.0 Å². The molecule has 1 amide bonds. The smallest absolute Gasteiger partial charge is 0.321 e. The average Bonchev–Trinajstić information content (AvgIpc) is 3.18. The number of hydrogen-bond donors (Lipinski definition) is 1. The van der Waals surface area contributed by atoms with Gasteiger partial charge >= 0.3 is 6.18 Å². The number of thiazole rings is 1. The molecule has 3 rings (SSSR count). The van der Waals surface area contributed by atoms with E-state index in [0.717, 1.165) is 12.1 Å². The maximum atomic E-state index is 12.5. The van der Waals surface area contributed by atoms with Gasteiger partial charge in [0.05, 0.1) is 5.56 Å². The molecule has 0 unspecified atom stereocenters. The third-order valence-electron chi connectivity index (χ3n) is 3.02. The van der Waals surface area contributed by atoms with E-state index in [0.29, 0.717) is 5.13 Å². The molecule has 0 bridgehead atoms. The molecule has 2 heterocycles. The molecular weight excluding hydrogens is 327 g/mol. The number of carbonyl (C=O) groups is 1. The molecule has 0 aliphatic rings. The van der Waals surface area contributed by atoms with Crippen LogP contribution < -0.4 is 5.32 Å². The van der Waals surface area contributed by atoms with Gasteiger partial charge in [0.25, 0.3) is 5.91 Å². The van der Waals surface area contributed by atoms with Crippen LogP contribution in [0.5, 0.6) is 0 Å². The van der Waals surface area contributed by atoms with Gasteiger partial charge < -0.3 is 9.88 Å². The summed E-state index contributed by atoms with van der Waals surface area (Å²) in [4.78, 5) is 16.3. The van der Waals surface area contributed by atoms with Crippen LogP contribution in [0.25, 0.3) is 5.13 Å². The van der Waals surface area contributed by atoms with Crippen molar-refractivity contribution in [1.82, 2.24) is 9.55 Å². The lowest BCUT2D eigenvalue weighted by atomic mass is 10.2. The first-order valence-electron chi connectivity index (χ1n) is 6.51. The lowest BCUT2D eigenvalue weighted by Gasteiger charge is -2.08. The minimum atomic E-state index is -4.40. The summed E-state index contributed by atoms with van der Waals surface area (Å²) in [7, 11) is 0. The predicted octanol–water partition coefficient (Wildman–Crippen LogP) is 4.20. The topological polar surface area (TPSA) is 46.9 Å². The van der Waals surface area contributed by atoms with Gasteiger partial charge in [-0.3, -0.25) is 4.79 Å². The summed E-state index contributed by atoms with van der Waals surface area (Å²) < 4.78 is 39.2. The van der Waals surface area contributed by atoms with Gasteiger partial charge in [-0.2, -0.15) is 13.2 Å². The molecule has 0 aliphatic heterocycles. The first-order chi connectivity index (χ1) is 10.9. The van der Waals surface area contributed by atoms with Gasteiger partial charge in [-0.1, -0.05) is 0 Å². The van der Waals surface area contributed by atoms with E-state index in [1.807, 2.05) is 12.1 Å². The number of amides is 1. The highest BCUT2D eigenvalue weighted by Gasteiger charge is 2.30. The van der Waals surface area contributed by atoms with Gasteiger partial charge in [0.2, 0.25) is 0 Å². The molecule has 0 radical (unpaired) electrons. The Morgan fingerprint density at radius 2 is 1.78 bits per heavy atom. The van der Waals surface area contributed by atoms with Crippen molar-refractivity contribution in [3.63, 3.8) is 0 Å². The van der Waals surface area contributed by atoms with Crippen LogP contribution >= 0.6 is 11.3 Å². The van der Waals surface area contributed by atoms with Crippen molar-refractivity contribution < 1.29 is 18.0 Å². The van der Waals surface area contributed by atoms with Crippen molar-refractivity contribution in [3.8, 4) is 5.13 Å². The van der Waals surface area contributed by atoms with Gasteiger partial charge in [0, 0.05) is 23.5 Å². The second kappa shape index (κ2) is 5.88. The summed E-state index contributed by atoms with van der Waals surface area (Å²) in [6.45, 7) is 0. The molecule has 8 heteroatoms. The Bertz CT molecular complexity index is 807. The minimum Gasteiger partial charge on any atom is -0.321 e. The van der Waals surface area contributed by atoms with E-state index in [-0.39, 0.29) is 11.4 Å². The largest absolute Gasteiger partial charge is 0.416 e. The molecule has 3 aromatic rings. The number of nitrogens with one attached hydrogen (secondary N) is 1. The number of nitrogens with zero attached hydrogens (tertiary/aromatic N) is 2. The predicted molar refractivity (Wildman–Crippen MR) is 80.8 cm³/mol. The zero-order valence-corrected chi connectivity index (χ0v) is 12.4. The van der Waals surface area contributed by atoms with E-state index >= 15 is 0 Å². The summed E-state index contributed by atoms with van der Waals surface area (Å²) in [5.74, 6) is -0.473. The molecule has 0 saturated carbocycles. The van der Waals surface area contributed by atoms with Gasteiger partial charge in [-0.05, 0) is 36.4 Å². The zero-order valence-electron chi connectivity index (χ0n) is 11.5. The van der Waals surface area contributed by atoms with E-state index in [4.69, 9.17) is 0 Å². The maximum absolute atomic E-state index is 12.5. The quantitative estimate of drug-likeness (QED) is 0.778. The van der Waals surface area contributed by atoms with Crippen LogP contribution in [0.15, 0.2) is 54.2 Å². The number of anilines is 1. The second-order valence-corrected chi connectivity index (χ2v) is 5.47. The van der Waals surface area contributed by atoms with Crippen molar-refractivity contribution in [2.75, 3.05) is 5.32 Å². The van der Waals surface area contributed by atoms with E-state index in [1.54, 1.807) is 22.3 Å². The van der Waals surface area contributed by atoms with Gasteiger partial charge in [0.15, 0.2) is 5.13 Å². The molecule has 1 N–H and O–H groups in total. The lowest BCUT2D eigenvalue weighted by molar-refractivity contribution is -0.137. The average molecular weight is 337 g/mol. The Labute approximate surface area is 133 Å². The summed E-state index contributed by atoms with van der Waals surface area (Å²) in [6.07, 6.45) is -0.796. The molecular formula is C15H10F3N3OS. The van der Waals surface area contributed by atoms with Crippen molar-refractivity contribution in [2.45, 2.75) is 6.18 Å². The van der Waals surface area contributed by atoms with Crippen molar-refractivity contribution >= 4 is 22.9 Å². The van der Waals surface area contributed by atoms with Crippen LogP contribution in [0.4, 0.5) is 18.9 Å². The Hall–Kier alpha value is -2.61. The Morgan fingerprint density at radius 3 is 2.39 bits per heavy atom. The highest BCUT2D eigenvalue weighted by atomic mass is 32.1. The fraction of sp³-hybridized carbons (Fsp3) is 0.0667. The third kappa shape index (κ3) is 3.42. The SMILES string of the molecule is O=C(Nc1ccc(C(F)(F)F)cc1)c1csc(-n2cccc2)n1. The molecule has 118 valence electrons. The molecule has 0 atom stereocenters. The summed E-state index contributed by atoms with van der Waals surface area (Å²) in [5.41, 5.74) is -0.281. The Morgan fingerprint density at radius 1 is 1.13 bits per heavy atom. The van der Waals surface area contributed by atoms with E-state index in [1.165, 1.54) is 23.5 Å². The number of aromatic nitrogens is 2. The van der Waals surface area contributed by atoms with E-state index < -0.39 is 17.6 Å². The number of rotatable bonds is 3. The van der Waals surface area contributed by atoms with Crippen LogP contribution in [0.3, 0.4) is 0 Å². The number of hydrogen-bond acceptors (Lipinski definition) is 3. The first kappa shape index (κ1) is 15.3. The van der Waals surface area contributed by atoms with Gasteiger partial charge in [-0.25, -0.2) is 4.98 Å². The number of alkyl halides is 3. The molecule has 4 nitrogen and oxygen atoms in total. The van der Waals surface area contributed by atoms with Crippen molar-refractivity contribution in [3.05, 3.63) is 65.4 Å². The molecule has 1 aromatic carbocycles. The number of halogens is 3. The summed E-state index contributed by atoms with van der Waals surface area (Å²) in [5, 5.41) is 4.75. The summed E-state index contributed by atoms with van der Waals surface area (Å²) >= 11 is 1.29. The van der Waals surface area contributed by atoms with E-state index in [2.05, 4.69) is 10.3 Å². The Kier molecular flexibility index (Phi) is 3.91. The first-order valence-corrected chi connectivity index (χ1v) is 7.39. The molecule has 2 aromatic heterocycles. The number of carbonyl (C=O) groups excluding carboxylic acids is 1. The standard InChI is InChI=1S/C15H10F3N3OS/c16-15(17,18)10-3-5-11(6-4-10)19-13(22)12-9-23-14(20-12)21-7-1-2-8-21/h1-9H,(H,19,22). The molecule has 0 fully saturated rings. The van der Waals surface area contributed by atoms with Crippen LogP contribution in [0.2, 0.25) is 0 Å². The van der Waals surface area contributed by atoms with Crippen LogP contribution in [-0.2, 0) is 6.18 Å². The van der Waals surface area contributed by atoms with Crippen LogP contribution in [0.1, 0.15) is 16.1 Å². The highest BCUT2D eigenvalue weighted by molar-refractivity contribution is 7.12. The zero-order chi connectivity index (χ0) is 16.4. The number of benzene rings is 1. The lowest BCUT2D eigenvalue weighted by Crippen LogP contribution is -2.13. The molecule has 23 heavy (non-hydrogen) atoms.